The van der Waals surface area contributed by atoms with Gasteiger partial charge in [-0.15, -0.1) is 71.9 Å². The fourth-order valence-electron chi connectivity index (χ4n) is 2.35. The van der Waals surface area contributed by atoms with Crippen LogP contribution in [0.2, 0.25) is 0 Å². The van der Waals surface area contributed by atoms with Crippen molar-refractivity contribution in [2.75, 3.05) is 0 Å². The van der Waals surface area contributed by atoms with E-state index in [2.05, 4.69) is 50.2 Å². The van der Waals surface area contributed by atoms with Gasteiger partial charge in [0.25, 0.3) is 9.40 Å². The molecule has 0 aliphatic rings. The van der Waals surface area contributed by atoms with Crippen LogP contribution in [-0.2, 0) is 12.8 Å². The maximum atomic E-state index is 4.93. The van der Waals surface area contributed by atoms with Crippen LogP contribution in [0.15, 0.2) is 36.4 Å². The molecule has 0 fully saturated rings. The van der Waals surface area contributed by atoms with Gasteiger partial charge in [0, 0.05) is 12.1 Å². The number of para-hydroxylation sites is 2. The van der Waals surface area contributed by atoms with E-state index >= 15 is 0 Å². The smallest absolute Gasteiger partial charge is 0.257 e. The minimum Gasteiger partial charge on any atom is -1.00 e. The highest BCUT2D eigenvalue weighted by molar-refractivity contribution is 14.0. The molecule has 0 atom stereocenters. The van der Waals surface area contributed by atoms with Gasteiger partial charge in [0.1, 0.15) is 11.0 Å². The normalized spacial score (nSPS) is 8.78. The Morgan fingerprint density at radius 2 is 1.17 bits per heavy atom. The number of fused-ring (bicyclic) bond motifs is 2. The number of aryl methyl sites for hydroxylation is 2. The van der Waals surface area contributed by atoms with Gasteiger partial charge in [-0.3, -0.25) is 0 Å². The van der Waals surface area contributed by atoms with E-state index in [1.807, 2.05) is 11.3 Å². The second-order valence-electron chi connectivity index (χ2n) is 4.45. The summed E-state index contributed by atoms with van der Waals surface area (Å²) in [5.74, 6) is 0. The third-order valence-corrected chi connectivity index (χ3v) is 4.47. The van der Waals surface area contributed by atoms with E-state index in [-0.39, 0.29) is 101 Å². The molecule has 0 spiro atoms. The molecule has 0 saturated carbocycles. The summed E-state index contributed by atoms with van der Waals surface area (Å²) >= 11 is 1.85. The van der Waals surface area contributed by atoms with Gasteiger partial charge < -0.3 is 29.5 Å². The highest BCUT2D eigenvalue weighted by Gasteiger charge is 2.15. The Kier molecular flexibility index (Phi) is 17.1. The zero-order valence-corrected chi connectivity index (χ0v) is 22.8. The van der Waals surface area contributed by atoms with Crippen LogP contribution in [0, 0.1) is 0 Å². The molecule has 1 aromatic heterocycles. The third-order valence-electron chi connectivity index (χ3n) is 3.37. The van der Waals surface area contributed by atoms with Crippen molar-refractivity contribution >= 4 is 104 Å². The van der Waals surface area contributed by atoms with Crippen molar-refractivity contribution < 1.29 is 29.5 Å². The van der Waals surface area contributed by atoms with Crippen molar-refractivity contribution in [1.82, 2.24) is 4.98 Å². The Hall–Kier alpha value is 1.34. The molecule has 3 rings (SSSR count). The highest BCUT2D eigenvalue weighted by atomic mass is 127. The van der Waals surface area contributed by atoms with Gasteiger partial charge in [0.05, 0.1) is 0 Å². The summed E-state index contributed by atoms with van der Waals surface area (Å²) in [5, 5.41) is 0. The van der Waals surface area contributed by atoms with Crippen LogP contribution in [0.4, 0.5) is 0 Å². The topological polar surface area (TPSA) is 44.4 Å². The molecule has 130 valence electrons. The first-order chi connectivity index (χ1) is 8.83. The summed E-state index contributed by atoms with van der Waals surface area (Å²) in [7, 11) is 0. The van der Waals surface area contributed by atoms with E-state index in [0.717, 1.165) is 12.8 Å². The molecule has 0 unspecified atom stereocenters. The zero-order chi connectivity index (χ0) is 12.5. The van der Waals surface area contributed by atoms with Crippen molar-refractivity contribution in [3.05, 3.63) is 47.5 Å². The summed E-state index contributed by atoms with van der Waals surface area (Å²) in [4.78, 5) is 4.93. The Morgan fingerprint density at radius 3 is 1.52 bits per heavy atom. The minimum absolute atomic E-state index is 0. The molecule has 0 bridgehead atoms. The average molecular weight is 783 g/mol. The first-order valence-electron chi connectivity index (χ1n) is 6.46. The summed E-state index contributed by atoms with van der Waals surface area (Å²) in [6, 6.07) is 13.0. The van der Waals surface area contributed by atoms with Crippen LogP contribution < -0.4 is 24.0 Å². The molecular formula is C16H21I4NOS. The predicted molar refractivity (Wildman–Crippen MR) is 130 cm³/mol. The fraction of sp³-hybridized carbons (Fsp3) is 0.250. The van der Waals surface area contributed by atoms with E-state index in [0.29, 0.717) is 0 Å². The Morgan fingerprint density at radius 1 is 0.783 bits per heavy atom. The molecule has 2 aromatic carbocycles. The molecule has 2 nitrogen and oxygen atoms in total. The Labute approximate surface area is 209 Å². The van der Waals surface area contributed by atoms with Crippen molar-refractivity contribution in [3.8, 4) is 0 Å². The van der Waals surface area contributed by atoms with Gasteiger partial charge in [-0.2, -0.15) is 0 Å². The summed E-state index contributed by atoms with van der Waals surface area (Å²) in [5.41, 5.74) is 5.05. The Balaban J connectivity index is -0.000000800. The lowest BCUT2D eigenvalue weighted by atomic mass is 10.1. The van der Waals surface area contributed by atoms with E-state index < -0.39 is 0 Å². The molecule has 7 heteroatoms. The van der Waals surface area contributed by atoms with Crippen molar-refractivity contribution in [3.63, 3.8) is 0 Å². The van der Waals surface area contributed by atoms with Crippen LogP contribution in [-0.4, -0.2) is 10.5 Å². The van der Waals surface area contributed by atoms with Gasteiger partial charge >= 0.3 is 0 Å². The van der Waals surface area contributed by atoms with Crippen LogP contribution in [0.3, 0.4) is 0 Å². The number of benzene rings is 2. The first kappa shape index (κ1) is 29.1. The van der Waals surface area contributed by atoms with Crippen LogP contribution in [0.25, 0.3) is 20.4 Å². The fourth-order valence-corrected chi connectivity index (χ4v) is 3.43. The van der Waals surface area contributed by atoms with Crippen LogP contribution in [0.5, 0.6) is 0 Å². The molecule has 2 N–H and O–H groups in total. The third kappa shape index (κ3) is 6.22. The van der Waals surface area contributed by atoms with E-state index in [1.165, 1.54) is 31.6 Å². The summed E-state index contributed by atoms with van der Waals surface area (Å²) < 4.78 is 2.57. The first-order valence-corrected chi connectivity index (χ1v) is 7.28. The van der Waals surface area contributed by atoms with E-state index in [4.69, 9.17) is 4.98 Å². The molecule has 23 heavy (non-hydrogen) atoms. The molecule has 0 aliphatic heterocycles. The number of hydrogen-bond donors (Lipinski definition) is 0. The second-order valence-corrected chi connectivity index (χ2v) is 5.53. The standard InChI is InChI=1S/C16H16NS.4HI.H2O/c1-3-11-7-5-9-13-15(11)17-16-12(4-2)8-6-10-14(16)18-13;;;;;/h5-10H,3-4H2,1-2H3;4*1H;1H2/q+1;;;;;/p-1. The van der Waals surface area contributed by atoms with E-state index in [1.54, 1.807) is 0 Å². The highest BCUT2D eigenvalue weighted by Crippen LogP contribution is 2.29. The van der Waals surface area contributed by atoms with Crippen LogP contribution >= 0.6 is 83.3 Å². The maximum Gasteiger partial charge on any atom is 0.257 e. The zero-order valence-electron chi connectivity index (χ0n) is 12.8. The maximum absolute atomic E-state index is 4.93. The lowest BCUT2D eigenvalue weighted by Crippen LogP contribution is -3.00. The van der Waals surface area contributed by atoms with Gasteiger partial charge in [-0.05, 0) is 24.0 Å². The molecular weight excluding hydrogens is 762 g/mol. The number of rotatable bonds is 2. The Bertz CT molecular complexity index is 681. The van der Waals surface area contributed by atoms with Crippen molar-refractivity contribution in [2.45, 2.75) is 26.7 Å². The quantitative estimate of drug-likeness (QED) is 0.224. The van der Waals surface area contributed by atoms with Gasteiger partial charge in [-0.1, -0.05) is 38.1 Å². The van der Waals surface area contributed by atoms with Gasteiger partial charge in [0.15, 0.2) is 0 Å². The molecule has 0 aliphatic carbocycles. The summed E-state index contributed by atoms with van der Waals surface area (Å²) in [6.07, 6.45) is 2.08. The number of hydrogen-bond acceptors (Lipinski definition) is 1. The van der Waals surface area contributed by atoms with Crippen molar-refractivity contribution in [1.29, 1.82) is 0 Å². The van der Waals surface area contributed by atoms with Crippen molar-refractivity contribution in [2.24, 2.45) is 0 Å². The second kappa shape index (κ2) is 13.5. The predicted octanol–water partition coefficient (Wildman–Crippen LogP) is 2.89. The average Bonchev–Trinajstić information content (AvgIpc) is 2.43. The number of nitrogens with zero attached hydrogens (tertiary/aromatic N) is 1. The SMILES string of the molecule is CCc1cccc2[s+]c3cccc(CC)c3nc12.I.I.I.O.[I-]. The number of aromatic nitrogens is 1. The summed E-state index contributed by atoms with van der Waals surface area (Å²) in [6.45, 7) is 4.38. The lowest BCUT2D eigenvalue weighted by molar-refractivity contribution is -0.00000501. The molecule has 0 amide bonds. The largest absolute Gasteiger partial charge is 1.00 e. The lowest BCUT2D eigenvalue weighted by Gasteiger charge is -2.01. The molecule has 0 radical (unpaired) electrons. The molecule has 3 aromatic rings. The van der Waals surface area contributed by atoms with E-state index in [9.17, 15) is 0 Å². The minimum atomic E-state index is 0. The van der Waals surface area contributed by atoms with Crippen LogP contribution in [0.1, 0.15) is 25.0 Å². The number of halogens is 4. The monoisotopic (exact) mass is 783 g/mol. The van der Waals surface area contributed by atoms with Gasteiger partial charge in [0.2, 0.25) is 11.3 Å². The molecule has 1 heterocycles. The molecule has 0 saturated heterocycles. The van der Waals surface area contributed by atoms with Gasteiger partial charge in [-0.25, -0.2) is 4.98 Å².